The van der Waals surface area contributed by atoms with E-state index in [9.17, 15) is 4.79 Å². The number of hydrogen-bond donors (Lipinski definition) is 2. The van der Waals surface area contributed by atoms with Crippen molar-refractivity contribution in [2.75, 3.05) is 11.1 Å². The summed E-state index contributed by atoms with van der Waals surface area (Å²) >= 11 is 0. The van der Waals surface area contributed by atoms with E-state index < -0.39 is 0 Å². The maximum Gasteiger partial charge on any atom is 0.225 e. The maximum atomic E-state index is 12.4. The molecule has 0 unspecified atom stereocenters. The Hall–Kier alpha value is -2.30. The zero-order valence-electron chi connectivity index (χ0n) is 16.2. The number of anilines is 2. The number of hydrogen-bond acceptors (Lipinski definition) is 3. The highest BCUT2D eigenvalue weighted by molar-refractivity contribution is 5.90. The maximum absolute atomic E-state index is 12.4. The lowest BCUT2D eigenvalue weighted by molar-refractivity contribution is -0.116. The SMILES string of the molecule is CC(C)(C)c1cc(NC(=O)CCc2ccccc2N)n(C(C)(C)C)n1. The summed E-state index contributed by atoms with van der Waals surface area (Å²) in [7, 11) is 0. The average Bonchev–Trinajstić information content (AvgIpc) is 2.90. The number of carbonyl (C=O) groups excluding carboxylic acids is 1. The number of nitrogens with zero attached hydrogens (tertiary/aromatic N) is 2. The normalized spacial score (nSPS) is 12.2. The van der Waals surface area contributed by atoms with Gasteiger partial charge in [0.15, 0.2) is 0 Å². The van der Waals surface area contributed by atoms with Gasteiger partial charge in [-0.2, -0.15) is 5.10 Å². The lowest BCUT2D eigenvalue weighted by atomic mass is 9.92. The molecule has 1 heterocycles. The third-order valence-electron chi connectivity index (χ3n) is 4.06. The fraction of sp³-hybridized carbons (Fsp3) is 0.500. The van der Waals surface area contributed by atoms with Crippen LogP contribution in [0.3, 0.4) is 0 Å². The van der Waals surface area contributed by atoms with Crippen molar-refractivity contribution < 1.29 is 4.79 Å². The van der Waals surface area contributed by atoms with Crippen LogP contribution in [0.5, 0.6) is 0 Å². The highest BCUT2D eigenvalue weighted by atomic mass is 16.1. The molecular weight excluding hydrogens is 312 g/mol. The van der Waals surface area contributed by atoms with Crippen LogP contribution in [-0.2, 0) is 22.2 Å². The first-order valence-corrected chi connectivity index (χ1v) is 8.73. The number of nitrogens with one attached hydrogen (secondary N) is 1. The molecule has 136 valence electrons. The van der Waals surface area contributed by atoms with Gasteiger partial charge in [0, 0.05) is 23.6 Å². The van der Waals surface area contributed by atoms with Crippen molar-refractivity contribution in [2.24, 2.45) is 0 Å². The molecule has 0 spiro atoms. The fourth-order valence-corrected chi connectivity index (χ4v) is 2.56. The Bertz CT molecular complexity index is 748. The van der Waals surface area contributed by atoms with Gasteiger partial charge in [0.05, 0.1) is 11.2 Å². The van der Waals surface area contributed by atoms with Crippen molar-refractivity contribution in [1.82, 2.24) is 9.78 Å². The van der Waals surface area contributed by atoms with Crippen LogP contribution in [0.15, 0.2) is 30.3 Å². The first-order chi connectivity index (χ1) is 11.5. The predicted molar refractivity (Wildman–Crippen MR) is 104 cm³/mol. The number of rotatable bonds is 4. The third kappa shape index (κ3) is 4.84. The van der Waals surface area contributed by atoms with Crippen LogP contribution in [-0.4, -0.2) is 15.7 Å². The minimum absolute atomic E-state index is 0.0332. The second-order valence-electron chi connectivity index (χ2n) is 8.49. The molecule has 0 radical (unpaired) electrons. The van der Waals surface area contributed by atoms with Crippen LogP contribution in [0.2, 0.25) is 0 Å². The highest BCUT2D eigenvalue weighted by Crippen LogP contribution is 2.28. The first-order valence-electron chi connectivity index (χ1n) is 8.73. The largest absolute Gasteiger partial charge is 0.399 e. The van der Waals surface area contributed by atoms with Gasteiger partial charge in [0.25, 0.3) is 0 Å². The van der Waals surface area contributed by atoms with Crippen LogP contribution >= 0.6 is 0 Å². The molecule has 1 aromatic heterocycles. The molecule has 25 heavy (non-hydrogen) atoms. The summed E-state index contributed by atoms with van der Waals surface area (Å²) in [5, 5.41) is 7.74. The molecule has 0 bridgehead atoms. The van der Waals surface area contributed by atoms with Crippen LogP contribution in [0, 0.1) is 0 Å². The summed E-state index contributed by atoms with van der Waals surface area (Å²) in [4.78, 5) is 12.4. The zero-order chi connectivity index (χ0) is 18.8. The summed E-state index contributed by atoms with van der Waals surface area (Å²) in [6.45, 7) is 12.6. The smallest absolute Gasteiger partial charge is 0.225 e. The third-order valence-corrected chi connectivity index (χ3v) is 4.06. The van der Waals surface area contributed by atoms with Gasteiger partial charge in [-0.3, -0.25) is 4.79 Å². The number of amides is 1. The van der Waals surface area contributed by atoms with Crippen molar-refractivity contribution in [3.63, 3.8) is 0 Å². The Morgan fingerprint density at radius 2 is 1.80 bits per heavy atom. The number of nitrogens with two attached hydrogens (primary N) is 1. The summed E-state index contributed by atoms with van der Waals surface area (Å²) in [5.41, 5.74) is 8.35. The lowest BCUT2D eigenvalue weighted by Crippen LogP contribution is -2.27. The minimum Gasteiger partial charge on any atom is -0.399 e. The summed E-state index contributed by atoms with van der Waals surface area (Å²) in [6.07, 6.45) is 1.00. The topological polar surface area (TPSA) is 72.9 Å². The van der Waals surface area contributed by atoms with Crippen molar-refractivity contribution in [2.45, 2.75) is 65.3 Å². The van der Waals surface area contributed by atoms with Crippen molar-refractivity contribution >= 4 is 17.4 Å². The molecule has 0 saturated heterocycles. The van der Waals surface area contributed by atoms with E-state index in [0.717, 1.165) is 22.8 Å². The molecule has 1 aromatic carbocycles. The van der Waals surface area contributed by atoms with Gasteiger partial charge in [-0.15, -0.1) is 0 Å². The van der Waals surface area contributed by atoms with Crippen molar-refractivity contribution in [3.05, 3.63) is 41.6 Å². The number of aromatic nitrogens is 2. The van der Waals surface area contributed by atoms with E-state index in [4.69, 9.17) is 10.8 Å². The van der Waals surface area contributed by atoms with Gasteiger partial charge in [-0.1, -0.05) is 39.0 Å². The molecule has 1 amide bonds. The van der Waals surface area contributed by atoms with E-state index in [2.05, 4.69) is 46.9 Å². The number of benzene rings is 1. The molecule has 0 fully saturated rings. The number of nitrogen functional groups attached to an aromatic ring is 1. The molecule has 0 atom stereocenters. The second-order valence-corrected chi connectivity index (χ2v) is 8.49. The Balaban J connectivity index is 2.14. The molecule has 0 aliphatic heterocycles. The molecule has 3 N–H and O–H groups in total. The van der Waals surface area contributed by atoms with Gasteiger partial charge in [-0.05, 0) is 38.8 Å². The summed E-state index contributed by atoms with van der Waals surface area (Å²) in [5.74, 6) is 0.706. The molecule has 5 heteroatoms. The molecule has 0 aliphatic carbocycles. The Kier molecular flexibility index (Phi) is 5.26. The molecule has 5 nitrogen and oxygen atoms in total. The average molecular weight is 342 g/mol. The van der Waals surface area contributed by atoms with Crippen LogP contribution in [0.25, 0.3) is 0 Å². The Morgan fingerprint density at radius 1 is 1.16 bits per heavy atom. The molecular formula is C20H30N4O. The number of aryl methyl sites for hydroxylation is 1. The Morgan fingerprint density at radius 3 is 2.36 bits per heavy atom. The van der Waals surface area contributed by atoms with E-state index >= 15 is 0 Å². The van der Waals surface area contributed by atoms with Gasteiger partial charge < -0.3 is 11.1 Å². The van der Waals surface area contributed by atoms with Crippen molar-refractivity contribution in [1.29, 1.82) is 0 Å². The molecule has 2 rings (SSSR count). The van der Waals surface area contributed by atoms with Gasteiger partial charge >= 0.3 is 0 Å². The fourth-order valence-electron chi connectivity index (χ4n) is 2.56. The Labute approximate surface area is 150 Å². The zero-order valence-corrected chi connectivity index (χ0v) is 16.2. The summed E-state index contributed by atoms with van der Waals surface area (Å²) < 4.78 is 1.89. The van der Waals surface area contributed by atoms with E-state index in [-0.39, 0.29) is 16.9 Å². The highest BCUT2D eigenvalue weighted by Gasteiger charge is 2.25. The monoisotopic (exact) mass is 342 g/mol. The van der Waals surface area contributed by atoms with Gasteiger partial charge in [0.2, 0.25) is 5.91 Å². The van der Waals surface area contributed by atoms with Crippen LogP contribution in [0.1, 0.15) is 59.2 Å². The van der Waals surface area contributed by atoms with Crippen molar-refractivity contribution in [3.8, 4) is 0 Å². The first kappa shape index (κ1) is 19.0. The standard InChI is InChI=1S/C20H30N4O/c1-19(2,3)16-13-17(24(23-16)20(4,5)6)22-18(25)12-11-14-9-7-8-10-15(14)21/h7-10,13H,11-12,21H2,1-6H3,(H,22,25). The van der Waals surface area contributed by atoms with Crippen LogP contribution in [0.4, 0.5) is 11.5 Å². The van der Waals surface area contributed by atoms with Gasteiger partial charge in [-0.25, -0.2) is 4.68 Å². The molecule has 0 aliphatic rings. The van der Waals surface area contributed by atoms with E-state index in [0.29, 0.717) is 12.8 Å². The lowest BCUT2D eigenvalue weighted by Gasteiger charge is -2.23. The quantitative estimate of drug-likeness (QED) is 0.822. The minimum atomic E-state index is -0.212. The van der Waals surface area contributed by atoms with Gasteiger partial charge in [0.1, 0.15) is 5.82 Å². The summed E-state index contributed by atoms with van der Waals surface area (Å²) in [6, 6.07) is 9.62. The predicted octanol–water partition coefficient (Wildman–Crippen LogP) is 4.09. The molecule has 2 aromatic rings. The second kappa shape index (κ2) is 6.90. The number of carbonyl (C=O) groups is 1. The van der Waals surface area contributed by atoms with E-state index in [1.165, 1.54) is 0 Å². The van der Waals surface area contributed by atoms with E-state index in [1.54, 1.807) is 0 Å². The number of para-hydroxylation sites is 1. The molecule has 0 saturated carbocycles. The van der Waals surface area contributed by atoms with Crippen LogP contribution < -0.4 is 11.1 Å². The van der Waals surface area contributed by atoms with E-state index in [1.807, 2.05) is 35.0 Å².